The predicted octanol–water partition coefficient (Wildman–Crippen LogP) is 2.84. The van der Waals surface area contributed by atoms with Crippen LogP contribution in [0, 0.1) is 18.7 Å². The number of nitrogens with one attached hydrogen (secondary N) is 1. The smallest absolute Gasteiger partial charge is 0.252 e. The third-order valence-electron chi connectivity index (χ3n) is 4.00. The van der Waals surface area contributed by atoms with Crippen molar-refractivity contribution in [3.05, 3.63) is 41.3 Å². The normalized spacial score (nSPS) is 15.8. The van der Waals surface area contributed by atoms with E-state index in [9.17, 15) is 9.18 Å². The quantitative estimate of drug-likeness (QED) is 0.924. The van der Waals surface area contributed by atoms with E-state index in [2.05, 4.69) is 10.3 Å². The van der Waals surface area contributed by atoms with Crippen LogP contribution in [0.1, 0.15) is 28.9 Å². The number of carbonyl (C=O) groups excluding carboxylic acids is 1. The largest absolute Gasteiger partial charge is 0.383 e. The molecule has 1 saturated carbocycles. The summed E-state index contributed by atoms with van der Waals surface area (Å²) in [5, 5.41) is 3.71. The topological polar surface area (TPSA) is 51.2 Å². The van der Waals surface area contributed by atoms with E-state index in [1.54, 1.807) is 26.2 Å². The van der Waals surface area contributed by atoms with E-state index in [4.69, 9.17) is 4.74 Å². The Labute approximate surface area is 128 Å². The lowest BCUT2D eigenvalue weighted by Crippen LogP contribution is -2.39. The molecule has 1 heterocycles. The lowest BCUT2D eigenvalue weighted by atomic mass is 10.1. The molecule has 2 aromatic rings. The van der Waals surface area contributed by atoms with Gasteiger partial charge in [0.2, 0.25) is 0 Å². The van der Waals surface area contributed by atoms with Gasteiger partial charge in [-0.2, -0.15) is 0 Å². The molecule has 0 spiro atoms. The van der Waals surface area contributed by atoms with Gasteiger partial charge in [0.25, 0.3) is 5.91 Å². The van der Waals surface area contributed by atoms with Crippen molar-refractivity contribution in [2.75, 3.05) is 13.7 Å². The Hall–Kier alpha value is -2.01. The Morgan fingerprint density at radius 2 is 2.23 bits per heavy atom. The molecule has 1 amide bonds. The number of carbonyl (C=O) groups is 1. The number of aryl methyl sites for hydroxylation is 1. The van der Waals surface area contributed by atoms with Crippen molar-refractivity contribution in [2.24, 2.45) is 5.92 Å². The van der Waals surface area contributed by atoms with E-state index in [0.717, 1.165) is 12.8 Å². The molecular formula is C17H19FN2O2. The van der Waals surface area contributed by atoms with Gasteiger partial charge in [-0.15, -0.1) is 0 Å². The highest BCUT2D eigenvalue weighted by atomic mass is 19.1. The van der Waals surface area contributed by atoms with Crippen molar-refractivity contribution in [3.63, 3.8) is 0 Å². The average Bonchev–Trinajstić information content (AvgIpc) is 3.29. The first-order valence-corrected chi connectivity index (χ1v) is 7.45. The molecule has 0 saturated heterocycles. The minimum atomic E-state index is -0.354. The van der Waals surface area contributed by atoms with E-state index in [1.807, 2.05) is 0 Å². The fraction of sp³-hybridized carbons (Fsp3) is 0.412. The summed E-state index contributed by atoms with van der Waals surface area (Å²) in [5.41, 5.74) is 1.72. The zero-order valence-electron chi connectivity index (χ0n) is 12.7. The molecule has 3 rings (SSSR count). The Balaban J connectivity index is 1.92. The van der Waals surface area contributed by atoms with Gasteiger partial charge in [-0.1, -0.05) is 0 Å². The molecule has 1 N–H and O–H groups in total. The third-order valence-corrected chi connectivity index (χ3v) is 4.00. The molecular weight excluding hydrogens is 283 g/mol. The maximum atomic E-state index is 13.4. The number of ether oxygens (including phenoxy) is 1. The summed E-state index contributed by atoms with van der Waals surface area (Å²) in [5.74, 6) is -0.0150. The van der Waals surface area contributed by atoms with Gasteiger partial charge in [-0.3, -0.25) is 9.78 Å². The number of aromatic nitrogens is 1. The Kier molecular flexibility index (Phi) is 4.07. The van der Waals surface area contributed by atoms with Crippen LogP contribution in [0.15, 0.2) is 24.3 Å². The highest BCUT2D eigenvalue weighted by molar-refractivity contribution is 6.06. The van der Waals surface area contributed by atoms with Crippen LogP contribution in [0.5, 0.6) is 0 Å². The zero-order valence-corrected chi connectivity index (χ0v) is 12.7. The minimum absolute atomic E-state index is 0.0291. The number of fused-ring (bicyclic) bond motifs is 1. The van der Waals surface area contributed by atoms with Gasteiger partial charge in [0.1, 0.15) is 5.82 Å². The second-order valence-corrected chi connectivity index (χ2v) is 5.85. The molecule has 1 aliphatic carbocycles. The van der Waals surface area contributed by atoms with Gasteiger partial charge in [-0.25, -0.2) is 4.39 Å². The van der Waals surface area contributed by atoms with Crippen LogP contribution in [0.25, 0.3) is 10.9 Å². The predicted molar refractivity (Wildman–Crippen MR) is 82.3 cm³/mol. The maximum Gasteiger partial charge on any atom is 0.252 e. The van der Waals surface area contributed by atoms with Gasteiger partial charge in [0, 0.05) is 24.3 Å². The number of methoxy groups -OCH3 is 1. The van der Waals surface area contributed by atoms with Crippen molar-refractivity contribution >= 4 is 16.8 Å². The molecule has 1 unspecified atom stereocenters. The summed E-state index contributed by atoms with van der Waals surface area (Å²) in [4.78, 5) is 16.9. The molecule has 1 fully saturated rings. The van der Waals surface area contributed by atoms with E-state index in [0.29, 0.717) is 34.7 Å². The Bertz CT molecular complexity index is 708. The first-order valence-electron chi connectivity index (χ1n) is 7.45. The van der Waals surface area contributed by atoms with Crippen molar-refractivity contribution < 1.29 is 13.9 Å². The van der Waals surface area contributed by atoms with Crippen LogP contribution in [0.4, 0.5) is 4.39 Å². The van der Waals surface area contributed by atoms with E-state index in [1.165, 1.54) is 12.1 Å². The van der Waals surface area contributed by atoms with Crippen LogP contribution in [-0.2, 0) is 4.74 Å². The Morgan fingerprint density at radius 1 is 1.45 bits per heavy atom. The molecule has 116 valence electrons. The Morgan fingerprint density at radius 3 is 2.91 bits per heavy atom. The van der Waals surface area contributed by atoms with Crippen molar-refractivity contribution in [2.45, 2.75) is 25.8 Å². The SMILES string of the molecule is COCC(NC(=O)c1cc(C)nc2cc(F)ccc12)C1CC1. The number of amides is 1. The first-order chi connectivity index (χ1) is 10.6. The maximum absolute atomic E-state index is 13.4. The minimum Gasteiger partial charge on any atom is -0.383 e. The molecule has 4 nitrogen and oxygen atoms in total. The van der Waals surface area contributed by atoms with Gasteiger partial charge >= 0.3 is 0 Å². The first kappa shape index (κ1) is 14.9. The summed E-state index contributed by atoms with van der Waals surface area (Å²) in [6.45, 7) is 2.31. The van der Waals surface area contributed by atoms with Crippen molar-refractivity contribution in [1.82, 2.24) is 10.3 Å². The summed E-state index contributed by atoms with van der Waals surface area (Å²) in [6, 6.07) is 6.08. The standard InChI is InChI=1S/C17H19FN2O2/c1-10-7-14(13-6-5-12(18)8-15(13)19-10)17(21)20-16(9-22-2)11-3-4-11/h5-8,11,16H,3-4,9H2,1-2H3,(H,20,21). The van der Waals surface area contributed by atoms with Crippen LogP contribution in [0.3, 0.4) is 0 Å². The summed E-state index contributed by atoms with van der Waals surface area (Å²) in [7, 11) is 1.64. The monoisotopic (exact) mass is 302 g/mol. The van der Waals surface area contributed by atoms with Crippen LogP contribution >= 0.6 is 0 Å². The molecule has 5 heteroatoms. The highest BCUT2D eigenvalue weighted by Crippen LogP contribution is 2.33. The molecule has 1 aliphatic rings. The van der Waals surface area contributed by atoms with Crippen molar-refractivity contribution in [1.29, 1.82) is 0 Å². The average molecular weight is 302 g/mol. The van der Waals surface area contributed by atoms with Gasteiger partial charge in [0.15, 0.2) is 0 Å². The van der Waals surface area contributed by atoms with E-state index < -0.39 is 0 Å². The number of benzene rings is 1. The number of nitrogens with zero attached hydrogens (tertiary/aromatic N) is 1. The number of pyridine rings is 1. The number of rotatable bonds is 5. The summed E-state index contributed by atoms with van der Waals surface area (Å²) < 4.78 is 18.6. The molecule has 1 atom stereocenters. The fourth-order valence-corrected chi connectivity index (χ4v) is 2.74. The lowest BCUT2D eigenvalue weighted by molar-refractivity contribution is 0.0885. The van der Waals surface area contributed by atoms with Crippen LogP contribution < -0.4 is 5.32 Å². The number of halogens is 1. The molecule has 1 aromatic heterocycles. The number of hydrogen-bond acceptors (Lipinski definition) is 3. The van der Waals surface area contributed by atoms with Crippen molar-refractivity contribution in [3.8, 4) is 0 Å². The molecule has 0 radical (unpaired) electrons. The summed E-state index contributed by atoms with van der Waals surface area (Å²) >= 11 is 0. The molecule has 1 aromatic carbocycles. The van der Waals surface area contributed by atoms with E-state index in [-0.39, 0.29) is 17.8 Å². The second kappa shape index (κ2) is 6.01. The number of hydrogen-bond donors (Lipinski definition) is 1. The van der Waals surface area contributed by atoms with E-state index >= 15 is 0 Å². The lowest BCUT2D eigenvalue weighted by Gasteiger charge is -2.18. The molecule has 0 bridgehead atoms. The van der Waals surface area contributed by atoms with Gasteiger partial charge in [0.05, 0.1) is 23.7 Å². The van der Waals surface area contributed by atoms with Crippen LogP contribution in [-0.4, -0.2) is 30.6 Å². The zero-order chi connectivity index (χ0) is 15.7. The van der Waals surface area contributed by atoms with Gasteiger partial charge in [-0.05, 0) is 43.9 Å². The molecule has 22 heavy (non-hydrogen) atoms. The molecule has 0 aliphatic heterocycles. The second-order valence-electron chi connectivity index (χ2n) is 5.85. The van der Waals surface area contributed by atoms with Gasteiger partial charge < -0.3 is 10.1 Å². The highest BCUT2D eigenvalue weighted by Gasteiger charge is 2.32. The fourth-order valence-electron chi connectivity index (χ4n) is 2.74. The third kappa shape index (κ3) is 3.09. The summed E-state index contributed by atoms with van der Waals surface area (Å²) in [6.07, 6.45) is 2.24. The van der Waals surface area contributed by atoms with Crippen LogP contribution in [0.2, 0.25) is 0 Å².